The van der Waals surface area contributed by atoms with Gasteiger partial charge in [-0.05, 0) is 71.2 Å². The minimum atomic E-state index is -0.910. The molecule has 0 amide bonds. The van der Waals surface area contributed by atoms with E-state index in [0.717, 1.165) is 11.4 Å². The molecule has 2 aromatic rings. The van der Waals surface area contributed by atoms with Gasteiger partial charge in [0.25, 0.3) is 0 Å². The number of rotatable bonds is 4. The second kappa shape index (κ2) is 7.08. The van der Waals surface area contributed by atoms with E-state index < -0.39 is 5.97 Å². The zero-order valence-electron chi connectivity index (χ0n) is 17.8. The first-order valence-corrected chi connectivity index (χ1v) is 9.80. The molecule has 0 fully saturated rings. The number of aromatic carboxylic acids is 1. The quantitative estimate of drug-likeness (QED) is 0.453. The highest BCUT2D eigenvalue weighted by atomic mass is 16.4. The summed E-state index contributed by atoms with van der Waals surface area (Å²) < 4.78 is 2.00. The van der Waals surface area contributed by atoms with Crippen molar-refractivity contribution in [2.75, 3.05) is 19.0 Å². The topological polar surface area (TPSA) is 43.5 Å². The van der Waals surface area contributed by atoms with Gasteiger partial charge in [-0.3, -0.25) is 4.58 Å². The molecule has 148 valence electrons. The van der Waals surface area contributed by atoms with Gasteiger partial charge in [0.2, 0.25) is 6.34 Å². The van der Waals surface area contributed by atoms with Crippen LogP contribution < -0.4 is 4.90 Å². The molecule has 4 nitrogen and oxygen atoms in total. The molecule has 28 heavy (non-hydrogen) atoms. The number of hydrogen-bond acceptors (Lipinski definition) is 1. The van der Waals surface area contributed by atoms with Crippen LogP contribution in [0.3, 0.4) is 0 Å². The van der Waals surface area contributed by atoms with E-state index in [2.05, 4.69) is 50.8 Å². The first-order chi connectivity index (χ1) is 13.0. The number of carbonyl (C=O) groups is 1. The summed E-state index contributed by atoms with van der Waals surface area (Å²) in [7, 11) is 3.98. The summed E-state index contributed by atoms with van der Waals surface area (Å²) in [5.74, 6) is -0.910. The monoisotopic (exact) mass is 379 g/mol. The van der Waals surface area contributed by atoms with Crippen molar-refractivity contribution in [3.8, 4) is 0 Å². The molecule has 0 saturated heterocycles. The van der Waals surface area contributed by atoms with Gasteiger partial charge in [-0.25, -0.2) is 4.79 Å². The molecule has 2 aromatic carbocycles. The van der Waals surface area contributed by atoms with Crippen LogP contribution in [-0.4, -0.2) is 36.1 Å². The van der Waals surface area contributed by atoms with Crippen LogP contribution in [0.1, 0.15) is 62.0 Å². The number of fused-ring (bicyclic) bond motifs is 1. The standard InChI is InChI=1S/C24H30N2O2/c1-23(2)13-14-24(3,4)21-15-19(11-12-20(21)23)26(16-25(5)6)18-9-7-17(8-10-18)22(27)28/h7-12,15-16H,13-14H2,1-6H3/p+1. The average Bonchev–Trinajstić information content (AvgIpc) is 2.63. The Labute approximate surface area is 168 Å². The zero-order valence-corrected chi connectivity index (χ0v) is 17.8. The highest BCUT2D eigenvalue weighted by molar-refractivity contribution is 5.91. The van der Waals surface area contributed by atoms with Crippen LogP contribution in [0.15, 0.2) is 42.5 Å². The van der Waals surface area contributed by atoms with Gasteiger partial charge in [-0.1, -0.05) is 33.8 Å². The molecule has 0 aromatic heterocycles. The second-order valence-corrected chi connectivity index (χ2v) is 9.30. The third kappa shape index (κ3) is 3.82. The van der Waals surface area contributed by atoms with Crippen LogP contribution in [-0.2, 0) is 10.8 Å². The summed E-state index contributed by atoms with van der Waals surface area (Å²) in [6.45, 7) is 9.31. The van der Waals surface area contributed by atoms with Gasteiger partial charge >= 0.3 is 5.97 Å². The summed E-state index contributed by atoms with van der Waals surface area (Å²) >= 11 is 0. The van der Waals surface area contributed by atoms with Crippen LogP contribution in [0.5, 0.6) is 0 Å². The predicted molar refractivity (Wildman–Crippen MR) is 115 cm³/mol. The molecule has 0 radical (unpaired) electrons. The van der Waals surface area contributed by atoms with Gasteiger partial charge in [-0.15, -0.1) is 0 Å². The maximum absolute atomic E-state index is 11.2. The van der Waals surface area contributed by atoms with Gasteiger partial charge in [0.15, 0.2) is 0 Å². The average molecular weight is 380 g/mol. The molecular formula is C24H31N2O2+. The van der Waals surface area contributed by atoms with Gasteiger partial charge in [0, 0.05) is 0 Å². The minimum Gasteiger partial charge on any atom is -0.478 e. The Morgan fingerprint density at radius 1 is 0.929 bits per heavy atom. The molecule has 0 atom stereocenters. The molecule has 1 aliphatic rings. The van der Waals surface area contributed by atoms with Crippen molar-refractivity contribution >= 4 is 23.7 Å². The van der Waals surface area contributed by atoms with Crippen molar-refractivity contribution in [3.05, 3.63) is 59.2 Å². The van der Waals surface area contributed by atoms with E-state index in [1.807, 2.05) is 37.1 Å². The maximum atomic E-state index is 11.2. The smallest absolute Gasteiger partial charge is 0.335 e. The van der Waals surface area contributed by atoms with E-state index in [9.17, 15) is 9.90 Å². The summed E-state index contributed by atoms with van der Waals surface area (Å²) in [6, 6.07) is 13.8. The third-order valence-electron chi connectivity index (χ3n) is 5.85. The first kappa shape index (κ1) is 20.1. The predicted octanol–water partition coefficient (Wildman–Crippen LogP) is 5.17. The van der Waals surface area contributed by atoms with E-state index in [4.69, 9.17) is 0 Å². The number of benzene rings is 2. The van der Waals surface area contributed by atoms with Crippen LogP contribution in [0.25, 0.3) is 0 Å². The SMILES string of the molecule is C[N+](C)=CN(c1ccc(C(=O)O)cc1)c1ccc2c(c1)C(C)(C)CCC2(C)C. The number of hydrogen-bond donors (Lipinski definition) is 1. The lowest BCUT2D eigenvalue weighted by molar-refractivity contribution is -0.460. The van der Waals surface area contributed by atoms with E-state index in [-0.39, 0.29) is 10.8 Å². The van der Waals surface area contributed by atoms with Crippen LogP contribution in [0, 0.1) is 0 Å². The van der Waals surface area contributed by atoms with Crippen molar-refractivity contribution < 1.29 is 14.5 Å². The summed E-state index contributed by atoms with van der Waals surface area (Å²) in [4.78, 5) is 13.3. The second-order valence-electron chi connectivity index (χ2n) is 9.30. The van der Waals surface area contributed by atoms with Gasteiger partial charge in [-0.2, -0.15) is 4.90 Å². The fourth-order valence-electron chi connectivity index (χ4n) is 4.00. The molecule has 0 heterocycles. The number of carboxylic acids is 1. The Hall–Kier alpha value is -2.62. The summed E-state index contributed by atoms with van der Waals surface area (Å²) in [5, 5.41) is 9.19. The van der Waals surface area contributed by atoms with Crippen molar-refractivity contribution in [1.82, 2.24) is 0 Å². The molecule has 0 aliphatic heterocycles. The van der Waals surface area contributed by atoms with E-state index in [1.54, 1.807) is 12.1 Å². The molecule has 1 N–H and O–H groups in total. The highest BCUT2D eigenvalue weighted by Gasteiger charge is 2.37. The van der Waals surface area contributed by atoms with Crippen molar-refractivity contribution in [2.24, 2.45) is 0 Å². The fraction of sp³-hybridized carbons (Fsp3) is 0.417. The van der Waals surface area contributed by atoms with E-state index in [1.165, 1.54) is 24.0 Å². The minimum absolute atomic E-state index is 0.137. The fourth-order valence-corrected chi connectivity index (χ4v) is 4.00. The van der Waals surface area contributed by atoms with Crippen LogP contribution in [0.4, 0.5) is 11.4 Å². The van der Waals surface area contributed by atoms with Crippen molar-refractivity contribution in [2.45, 2.75) is 51.4 Å². The molecular weight excluding hydrogens is 348 g/mol. The lowest BCUT2D eigenvalue weighted by atomic mass is 9.63. The Balaban J connectivity index is 2.12. The molecule has 0 saturated carbocycles. The van der Waals surface area contributed by atoms with Gasteiger partial charge in [0.05, 0.1) is 19.7 Å². The van der Waals surface area contributed by atoms with E-state index >= 15 is 0 Å². The number of anilines is 2. The molecule has 3 rings (SSSR count). The Morgan fingerprint density at radius 2 is 1.46 bits per heavy atom. The van der Waals surface area contributed by atoms with Crippen LogP contribution >= 0.6 is 0 Å². The maximum Gasteiger partial charge on any atom is 0.335 e. The lowest BCUT2D eigenvalue weighted by Crippen LogP contribution is -2.34. The third-order valence-corrected chi connectivity index (χ3v) is 5.85. The molecule has 0 bridgehead atoms. The molecule has 0 spiro atoms. The van der Waals surface area contributed by atoms with Crippen molar-refractivity contribution in [1.29, 1.82) is 0 Å². The van der Waals surface area contributed by atoms with Crippen molar-refractivity contribution in [3.63, 3.8) is 0 Å². The summed E-state index contributed by atoms with van der Waals surface area (Å²) in [5.41, 5.74) is 5.47. The van der Waals surface area contributed by atoms with E-state index in [0.29, 0.717) is 5.56 Å². The molecule has 4 heteroatoms. The Bertz CT molecular complexity index is 920. The summed E-state index contributed by atoms with van der Waals surface area (Å²) in [6.07, 6.45) is 4.39. The first-order valence-electron chi connectivity index (χ1n) is 9.80. The molecule has 1 aliphatic carbocycles. The van der Waals surface area contributed by atoms with Crippen LogP contribution in [0.2, 0.25) is 0 Å². The Morgan fingerprint density at radius 3 is 2.00 bits per heavy atom. The molecule has 0 unspecified atom stereocenters. The number of carboxylic acid groups (broad SMARTS) is 1. The van der Waals surface area contributed by atoms with Gasteiger partial charge in [0.1, 0.15) is 11.4 Å². The normalized spacial score (nSPS) is 16.8. The lowest BCUT2D eigenvalue weighted by Gasteiger charge is -2.42. The highest BCUT2D eigenvalue weighted by Crippen LogP contribution is 2.47. The van der Waals surface area contributed by atoms with Gasteiger partial charge < -0.3 is 5.11 Å². The zero-order chi connectivity index (χ0) is 20.7. The number of nitrogens with zero attached hydrogens (tertiary/aromatic N) is 2. The Kier molecular flexibility index (Phi) is 5.09. The largest absolute Gasteiger partial charge is 0.478 e.